The molecule has 7 nitrogen and oxygen atoms in total. The second kappa shape index (κ2) is 3.70. The number of fused-ring (bicyclic) bond motifs is 1. The van der Waals surface area contributed by atoms with Crippen LogP contribution in [0, 0.1) is 0 Å². The first-order valence-electron chi connectivity index (χ1n) is 4.57. The maximum Gasteiger partial charge on any atom is 0.185 e. The molecule has 0 aliphatic carbocycles. The lowest BCUT2D eigenvalue weighted by molar-refractivity contribution is 0.287. The van der Waals surface area contributed by atoms with Crippen molar-refractivity contribution in [1.82, 2.24) is 19.6 Å². The highest BCUT2D eigenvalue weighted by atomic mass is 16.2. The summed E-state index contributed by atoms with van der Waals surface area (Å²) in [4.78, 5) is 12.1. The van der Waals surface area contributed by atoms with E-state index in [1.54, 1.807) is 0 Å². The topological polar surface area (TPSA) is 116 Å². The first kappa shape index (κ1) is 9.66. The molecule has 7 heteroatoms. The number of hydrogen-bond donors (Lipinski definition) is 3. The monoisotopic (exact) mass is 208 g/mol. The molecule has 0 radical (unpaired) electrons. The van der Waals surface area contributed by atoms with Gasteiger partial charge in [-0.3, -0.25) is 0 Å². The number of aliphatic hydroxyl groups is 1. The van der Waals surface area contributed by atoms with Crippen LogP contribution in [0.15, 0.2) is 6.33 Å². The average molecular weight is 208 g/mol. The molecule has 15 heavy (non-hydrogen) atoms. The van der Waals surface area contributed by atoms with Crippen LogP contribution in [0.1, 0.15) is 12.2 Å². The van der Waals surface area contributed by atoms with E-state index in [-0.39, 0.29) is 6.61 Å². The summed E-state index contributed by atoms with van der Waals surface area (Å²) in [5.74, 6) is 7.15. The van der Waals surface area contributed by atoms with E-state index in [1.807, 2.05) is 0 Å². The van der Waals surface area contributed by atoms with E-state index < -0.39 is 0 Å². The predicted octanol–water partition coefficient (Wildman–Crippen LogP) is -1.00. The first-order chi connectivity index (χ1) is 7.24. The summed E-state index contributed by atoms with van der Waals surface area (Å²) in [6.45, 7) is 0.0896. The van der Waals surface area contributed by atoms with Crippen molar-refractivity contribution in [2.75, 3.05) is 18.2 Å². The van der Waals surface area contributed by atoms with E-state index in [0.717, 1.165) is 0 Å². The number of nitrogen functional groups attached to an aromatic ring is 2. The van der Waals surface area contributed by atoms with Crippen LogP contribution in [0.25, 0.3) is 11.5 Å². The summed E-state index contributed by atoms with van der Waals surface area (Å²) in [5, 5.41) is 8.72. The number of imidazole rings is 1. The highest BCUT2D eigenvalue weighted by Crippen LogP contribution is 2.21. The molecule has 0 saturated heterocycles. The maximum atomic E-state index is 8.72. The van der Waals surface area contributed by atoms with Gasteiger partial charge in [0, 0.05) is 13.0 Å². The maximum absolute atomic E-state index is 8.72. The van der Waals surface area contributed by atoms with Crippen molar-refractivity contribution in [2.45, 2.75) is 12.8 Å². The minimum absolute atomic E-state index is 0.0896. The fourth-order valence-electron chi connectivity index (χ4n) is 1.37. The van der Waals surface area contributed by atoms with E-state index in [1.165, 1.54) is 11.0 Å². The van der Waals surface area contributed by atoms with Crippen LogP contribution in [0.2, 0.25) is 0 Å². The van der Waals surface area contributed by atoms with Gasteiger partial charge in [0.2, 0.25) is 0 Å². The van der Waals surface area contributed by atoms with Crippen LogP contribution < -0.4 is 11.6 Å². The van der Waals surface area contributed by atoms with Gasteiger partial charge in [0.15, 0.2) is 17.3 Å². The van der Waals surface area contributed by atoms with Gasteiger partial charge in [-0.15, -0.1) is 0 Å². The Morgan fingerprint density at radius 2 is 2.20 bits per heavy atom. The van der Waals surface area contributed by atoms with Crippen molar-refractivity contribution >= 4 is 5.82 Å². The van der Waals surface area contributed by atoms with E-state index in [2.05, 4.69) is 15.0 Å². The van der Waals surface area contributed by atoms with Gasteiger partial charge in [-0.1, -0.05) is 0 Å². The Hall–Kier alpha value is -1.89. The van der Waals surface area contributed by atoms with Gasteiger partial charge < -0.3 is 16.7 Å². The molecule has 0 fully saturated rings. The van der Waals surface area contributed by atoms with Crippen molar-refractivity contribution in [3.05, 3.63) is 12.2 Å². The summed E-state index contributed by atoms with van der Waals surface area (Å²) >= 11 is 0. The number of hydrogen-bond acceptors (Lipinski definition) is 6. The molecule has 0 amide bonds. The fourth-order valence-corrected chi connectivity index (χ4v) is 1.37. The lowest BCUT2D eigenvalue weighted by atomic mass is 10.3. The smallest absolute Gasteiger partial charge is 0.185 e. The second-order valence-electron chi connectivity index (χ2n) is 3.16. The number of nitrogens with zero attached hydrogens (tertiary/aromatic N) is 4. The average Bonchev–Trinajstić information content (AvgIpc) is 2.69. The molecule has 2 aliphatic heterocycles. The van der Waals surface area contributed by atoms with Crippen LogP contribution in [0.3, 0.4) is 0 Å². The molecule has 0 spiro atoms. The Bertz CT molecular complexity index is 439. The Morgan fingerprint density at radius 3 is 2.93 bits per heavy atom. The molecule has 2 aliphatic rings. The number of aliphatic hydroxyl groups excluding tert-OH is 1. The molecule has 80 valence electrons. The molecule has 0 aromatic carbocycles. The summed E-state index contributed by atoms with van der Waals surface area (Å²) < 4.78 is 1.28. The van der Waals surface area contributed by atoms with Crippen molar-refractivity contribution in [1.29, 1.82) is 0 Å². The Labute approximate surface area is 86.1 Å². The van der Waals surface area contributed by atoms with Crippen molar-refractivity contribution in [3.8, 4) is 11.5 Å². The molecule has 0 atom stereocenters. The number of anilines is 1. The second-order valence-corrected chi connectivity index (χ2v) is 3.16. The summed E-state index contributed by atoms with van der Waals surface area (Å²) in [5.41, 5.74) is 6.27. The Balaban J connectivity index is 2.46. The number of aromatic nitrogens is 4. The third-order valence-corrected chi connectivity index (χ3v) is 2.15. The van der Waals surface area contributed by atoms with E-state index in [4.69, 9.17) is 16.7 Å². The van der Waals surface area contributed by atoms with Crippen LogP contribution in [0.5, 0.6) is 0 Å². The molecule has 0 bridgehead atoms. The lowest BCUT2D eigenvalue weighted by Gasteiger charge is -2.12. The van der Waals surface area contributed by atoms with E-state index in [9.17, 15) is 0 Å². The van der Waals surface area contributed by atoms with Gasteiger partial charge in [0.1, 0.15) is 12.2 Å². The highest BCUT2D eigenvalue weighted by Gasteiger charge is 2.16. The van der Waals surface area contributed by atoms with Crippen LogP contribution >= 0.6 is 0 Å². The summed E-state index contributed by atoms with van der Waals surface area (Å²) in [7, 11) is 0. The zero-order chi connectivity index (χ0) is 10.8. The summed E-state index contributed by atoms with van der Waals surface area (Å²) in [6, 6.07) is 0. The van der Waals surface area contributed by atoms with Crippen molar-refractivity contribution in [2.24, 2.45) is 0 Å². The zero-order valence-corrected chi connectivity index (χ0v) is 8.09. The minimum Gasteiger partial charge on any atom is -0.396 e. The van der Waals surface area contributed by atoms with Crippen molar-refractivity contribution < 1.29 is 5.11 Å². The zero-order valence-electron chi connectivity index (χ0n) is 8.09. The third-order valence-electron chi connectivity index (χ3n) is 2.15. The Morgan fingerprint density at radius 1 is 1.40 bits per heavy atom. The molecule has 2 rings (SSSR count). The normalized spacial score (nSPS) is 11.0. The number of rotatable bonds is 3. The number of nitrogens with two attached hydrogens (primary N) is 2. The highest BCUT2D eigenvalue weighted by molar-refractivity contribution is 5.65. The fraction of sp³-hybridized carbons (Fsp3) is 0.375. The number of aryl methyl sites for hydroxylation is 1. The molecule has 0 saturated carbocycles. The molecule has 5 N–H and O–H groups in total. The van der Waals surface area contributed by atoms with Gasteiger partial charge in [-0.2, -0.15) is 0 Å². The van der Waals surface area contributed by atoms with Crippen LogP contribution in [-0.2, 0) is 6.42 Å². The van der Waals surface area contributed by atoms with Gasteiger partial charge in [0.05, 0.1) is 0 Å². The lowest BCUT2D eigenvalue weighted by Crippen LogP contribution is -2.22. The Kier molecular flexibility index (Phi) is 2.38. The standard InChI is InChI=1S/C8H12N6O/c9-7-6-8(12-4-11-6)13-5(14(7)10)2-1-3-15/h4,15H,1-3,9-10H2. The quantitative estimate of drug-likeness (QED) is 0.557. The summed E-state index contributed by atoms with van der Waals surface area (Å²) in [6.07, 6.45) is 2.53. The van der Waals surface area contributed by atoms with Gasteiger partial charge in [-0.05, 0) is 6.42 Å². The van der Waals surface area contributed by atoms with Gasteiger partial charge in [-0.25, -0.2) is 19.6 Å². The third kappa shape index (κ3) is 1.57. The van der Waals surface area contributed by atoms with Crippen LogP contribution in [0.4, 0.5) is 5.82 Å². The SMILES string of the molecule is Nc1c2ncnc-2nc(CCCO)n1N. The molecular formula is C8H12N6O. The molecule has 0 unspecified atom stereocenters. The minimum atomic E-state index is 0.0896. The van der Waals surface area contributed by atoms with E-state index in [0.29, 0.717) is 36.0 Å². The van der Waals surface area contributed by atoms with Crippen molar-refractivity contribution in [3.63, 3.8) is 0 Å². The molecule has 2 heterocycles. The van der Waals surface area contributed by atoms with Gasteiger partial charge >= 0.3 is 0 Å². The van der Waals surface area contributed by atoms with Gasteiger partial charge in [0.25, 0.3) is 0 Å². The predicted molar refractivity (Wildman–Crippen MR) is 54.4 cm³/mol. The molecule has 0 aromatic heterocycles. The van der Waals surface area contributed by atoms with E-state index >= 15 is 0 Å². The largest absolute Gasteiger partial charge is 0.396 e. The first-order valence-corrected chi connectivity index (χ1v) is 4.57. The molecule has 0 aromatic rings. The molecular weight excluding hydrogens is 196 g/mol. The van der Waals surface area contributed by atoms with Crippen LogP contribution in [-0.4, -0.2) is 31.3 Å².